The van der Waals surface area contributed by atoms with Crippen molar-refractivity contribution in [3.63, 3.8) is 0 Å². The first kappa shape index (κ1) is 19.1. The summed E-state index contributed by atoms with van der Waals surface area (Å²) in [5.74, 6) is -0.00747. The van der Waals surface area contributed by atoms with Gasteiger partial charge in [-0.05, 0) is 23.8 Å². The first-order valence-electron chi connectivity index (χ1n) is 9.73. The Labute approximate surface area is 167 Å². The normalized spacial score (nSPS) is 15.0. The van der Waals surface area contributed by atoms with Crippen molar-refractivity contribution in [1.82, 2.24) is 24.6 Å². The Morgan fingerprint density at radius 1 is 1.00 bits per heavy atom. The molecule has 1 N–H and O–H groups in total. The Morgan fingerprint density at radius 3 is 2.48 bits per heavy atom. The molecule has 8 heteroatoms. The van der Waals surface area contributed by atoms with E-state index in [1.807, 2.05) is 23.2 Å². The molecule has 1 amide bonds. The van der Waals surface area contributed by atoms with E-state index in [4.69, 9.17) is 0 Å². The van der Waals surface area contributed by atoms with Crippen LogP contribution in [0.1, 0.15) is 12.0 Å². The van der Waals surface area contributed by atoms with Crippen molar-refractivity contribution in [2.75, 3.05) is 26.2 Å². The van der Waals surface area contributed by atoms with Crippen LogP contribution >= 0.6 is 0 Å². The van der Waals surface area contributed by atoms with Gasteiger partial charge in [0.2, 0.25) is 5.91 Å². The van der Waals surface area contributed by atoms with Crippen LogP contribution < -0.4 is 11.1 Å². The number of hydrogen-bond donors (Lipinski definition) is 1. The van der Waals surface area contributed by atoms with Crippen LogP contribution in [0.15, 0.2) is 58.4 Å². The Morgan fingerprint density at radius 2 is 1.76 bits per heavy atom. The molecular formula is C21H23N5O3. The van der Waals surface area contributed by atoms with Gasteiger partial charge in [-0.25, -0.2) is 4.68 Å². The van der Waals surface area contributed by atoms with E-state index in [0.29, 0.717) is 23.9 Å². The average molecular weight is 393 g/mol. The molecule has 8 nitrogen and oxygen atoms in total. The van der Waals surface area contributed by atoms with Gasteiger partial charge in [0.25, 0.3) is 11.1 Å². The second-order valence-corrected chi connectivity index (χ2v) is 7.21. The third-order valence-corrected chi connectivity index (χ3v) is 5.29. The van der Waals surface area contributed by atoms with Crippen molar-refractivity contribution in [3.05, 3.63) is 75.1 Å². The quantitative estimate of drug-likeness (QED) is 0.693. The first-order valence-corrected chi connectivity index (χ1v) is 9.73. The summed E-state index contributed by atoms with van der Waals surface area (Å²) in [5, 5.41) is 3.31. The number of aromatic nitrogens is 3. The van der Waals surface area contributed by atoms with E-state index in [1.54, 1.807) is 30.5 Å². The van der Waals surface area contributed by atoms with E-state index >= 15 is 0 Å². The summed E-state index contributed by atoms with van der Waals surface area (Å²) in [6, 6.07) is 10.7. The van der Waals surface area contributed by atoms with E-state index in [2.05, 4.69) is 15.0 Å². The van der Waals surface area contributed by atoms with Crippen LogP contribution in [0.2, 0.25) is 0 Å². The lowest BCUT2D eigenvalue weighted by Gasteiger charge is -2.34. The molecule has 0 bridgehead atoms. The van der Waals surface area contributed by atoms with Gasteiger partial charge in [-0.3, -0.25) is 29.4 Å². The summed E-state index contributed by atoms with van der Waals surface area (Å²) in [7, 11) is 0. The van der Waals surface area contributed by atoms with E-state index in [1.165, 1.54) is 4.68 Å². The number of rotatable bonds is 5. The Balaban J connectivity index is 1.34. The highest BCUT2D eigenvalue weighted by Gasteiger charge is 2.21. The number of carbonyl (C=O) groups excluding carboxylic acids is 1. The molecule has 0 spiro atoms. The second-order valence-electron chi connectivity index (χ2n) is 7.21. The minimum atomic E-state index is -0.323. The van der Waals surface area contributed by atoms with Crippen LogP contribution in [0.4, 0.5) is 0 Å². The van der Waals surface area contributed by atoms with Gasteiger partial charge in [-0.2, -0.15) is 0 Å². The number of pyridine rings is 1. The predicted molar refractivity (Wildman–Crippen MR) is 110 cm³/mol. The molecule has 1 aliphatic heterocycles. The zero-order valence-corrected chi connectivity index (χ0v) is 16.1. The summed E-state index contributed by atoms with van der Waals surface area (Å²) in [5.41, 5.74) is 0.554. The van der Waals surface area contributed by atoms with Crippen molar-refractivity contribution in [1.29, 1.82) is 0 Å². The lowest BCUT2D eigenvalue weighted by molar-refractivity contribution is -0.133. The predicted octanol–water partition coefficient (Wildman–Crippen LogP) is 0.819. The number of carbonyl (C=O) groups is 1. The van der Waals surface area contributed by atoms with Gasteiger partial charge in [0.1, 0.15) is 0 Å². The molecular weight excluding hydrogens is 370 g/mol. The lowest BCUT2D eigenvalue weighted by Crippen LogP contribution is -2.48. The monoisotopic (exact) mass is 393 g/mol. The molecule has 0 saturated carbocycles. The van der Waals surface area contributed by atoms with Crippen LogP contribution in [-0.2, 0) is 17.9 Å². The summed E-state index contributed by atoms with van der Waals surface area (Å²) >= 11 is 0. The smallest absolute Gasteiger partial charge is 0.273 e. The van der Waals surface area contributed by atoms with Gasteiger partial charge in [-0.15, -0.1) is 0 Å². The number of nitrogens with zero attached hydrogens (tertiary/aromatic N) is 4. The molecule has 0 unspecified atom stereocenters. The largest absolute Gasteiger partial charge is 0.340 e. The van der Waals surface area contributed by atoms with Gasteiger partial charge in [0.05, 0.1) is 17.3 Å². The van der Waals surface area contributed by atoms with Gasteiger partial charge >= 0.3 is 0 Å². The fourth-order valence-electron chi connectivity index (χ4n) is 3.67. The summed E-state index contributed by atoms with van der Waals surface area (Å²) in [6.45, 7) is 3.89. The molecule has 0 radical (unpaired) electrons. The molecule has 3 heterocycles. The van der Waals surface area contributed by atoms with Crippen LogP contribution in [0.5, 0.6) is 0 Å². The maximum atomic E-state index is 12.6. The van der Waals surface area contributed by atoms with Crippen LogP contribution in [0, 0.1) is 0 Å². The zero-order valence-electron chi connectivity index (χ0n) is 16.1. The van der Waals surface area contributed by atoms with E-state index in [-0.39, 0.29) is 30.0 Å². The molecule has 29 heavy (non-hydrogen) atoms. The number of benzene rings is 1. The highest BCUT2D eigenvalue weighted by Crippen LogP contribution is 2.09. The van der Waals surface area contributed by atoms with Crippen molar-refractivity contribution in [2.45, 2.75) is 19.5 Å². The maximum Gasteiger partial charge on any atom is 0.273 e. The average Bonchev–Trinajstić information content (AvgIpc) is 2.76. The third kappa shape index (κ3) is 4.27. The van der Waals surface area contributed by atoms with Gasteiger partial charge in [0.15, 0.2) is 0 Å². The molecule has 0 aliphatic carbocycles. The summed E-state index contributed by atoms with van der Waals surface area (Å²) in [6.07, 6.45) is 3.80. The fourth-order valence-corrected chi connectivity index (χ4v) is 3.67. The minimum absolute atomic E-state index is 0.00747. The van der Waals surface area contributed by atoms with Gasteiger partial charge in [0, 0.05) is 51.5 Å². The SMILES string of the molecule is O=C(CCn1[nH]c(=O)c2ccccc2c1=O)N1CCN(Cc2cccnc2)CC1. The van der Waals surface area contributed by atoms with Crippen LogP contribution in [0.25, 0.3) is 10.8 Å². The summed E-state index contributed by atoms with van der Waals surface area (Å²) in [4.78, 5) is 45.5. The number of piperazine rings is 1. The van der Waals surface area contributed by atoms with E-state index in [0.717, 1.165) is 25.2 Å². The number of amides is 1. The van der Waals surface area contributed by atoms with Crippen molar-refractivity contribution in [2.24, 2.45) is 0 Å². The number of H-pyrrole nitrogens is 1. The Kier molecular flexibility index (Phi) is 5.53. The second kappa shape index (κ2) is 8.40. The minimum Gasteiger partial charge on any atom is -0.340 e. The third-order valence-electron chi connectivity index (χ3n) is 5.29. The highest BCUT2D eigenvalue weighted by molar-refractivity contribution is 5.80. The lowest BCUT2D eigenvalue weighted by atomic mass is 10.2. The fraction of sp³-hybridized carbons (Fsp3) is 0.333. The van der Waals surface area contributed by atoms with Crippen LogP contribution in [0.3, 0.4) is 0 Å². The Bertz CT molecular complexity index is 1110. The molecule has 4 rings (SSSR count). The number of aryl methyl sites for hydroxylation is 1. The van der Waals surface area contributed by atoms with E-state index < -0.39 is 0 Å². The number of aromatic amines is 1. The zero-order chi connectivity index (χ0) is 20.2. The molecule has 3 aromatic rings. The molecule has 0 atom stereocenters. The molecule has 1 aliphatic rings. The molecule has 2 aromatic heterocycles. The van der Waals surface area contributed by atoms with Crippen molar-refractivity contribution < 1.29 is 4.79 Å². The highest BCUT2D eigenvalue weighted by atomic mass is 16.2. The molecule has 1 fully saturated rings. The van der Waals surface area contributed by atoms with Crippen LogP contribution in [-0.4, -0.2) is 56.7 Å². The standard InChI is InChI=1S/C21H23N5O3/c27-19(25-12-10-24(11-13-25)15-16-4-3-8-22-14-16)7-9-26-21(29)18-6-2-1-5-17(18)20(28)23-26/h1-6,8,14H,7,9-13,15H2,(H,23,28). The molecule has 1 saturated heterocycles. The van der Waals surface area contributed by atoms with Crippen molar-refractivity contribution >= 4 is 16.7 Å². The molecule has 150 valence electrons. The molecule has 1 aromatic carbocycles. The number of hydrogen-bond acceptors (Lipinski definition) is 5. The Hall–Kier alpha value is -3.26. The summed E-state index contributed by atoms with van der Waals surface area (Å²) < 4.78 is 1.24. The van der Waals surface area contributed by atoms with Gasteiger partial charge < -0.3 is 4.90 Å². The number of fused-ring (bicyclic) bond motifs is 1. The van der Waals surface area contributed by atoms with Crippen molar-refractivity contribution in [3.8, 4) is 0 Å². The van der Waals surface area contributed by atoms with E-state index in [9.17, 15) is 14.4 Å². The topological polar surface area (TPSA) is 91.3 Å². The maximum absolute atomic E-state index is 12.6. The van der Waals surface area contributed by atoms with Gasteiger partial charge in [-0.1, -0.05) is 18.2 Å². The first-order chi connectivity index (χ1) is 14.1. The number of nitrogens with one attached hydrogen (secondary N) is 1.